The summed E-state index contributed by atoms with van der Waals surface area (Å²) in [5.74, 6) is 0.846. The van der Waals surface area contributed by atoms with Gasteiger partial charge in [-0.3, -0.25) is 14.6 Å². The monoisotopic (exact) mass is 400 g/mol. The summed E-state index contributed by atoms with van der Waals surface area (Å²) in [5, 5.41) is 19.9. The molecule has 2 heterocycles. The summed E-state index contributed by atoms with van der Waals surface area (Å²) in [6.45, 7) is 1.84. The molecule has 7 heteroatoms. The maximum Gasteiger partial charge on any atom is 0.303 e. The van der Waals surface area contributed by atoms with Gasteiger partial charge >= 0.3 is 11.9 Å². The van der Waals surface area contributed by atoms with Crippen LogP contribution < -0.4 is 5.32 Å². The van der Waals surface area contributed by atoms with Crippen molar-refractivity contribution in [1.82, 2.24) is 10.3 Å². The van der Waals surface area contributed by atoms with E-state index >= 15 is 0 Å². The Balaban J connectivity index is 0.000000168. The molecule has 4 rings (SSSR count). The summed E-state index contributed by atoms with van der Waals surface area (Å²) in [5.41, 5.74) is 5.03. The van der Waals surface area contributed by atoms with Crippen molar-refractivity contribution >= 4 is 23.5 Å². The minimum absolute atomic E-state index is 0.185. The van der Waals surface area contributed by atoms with E-state index in [4.69, 9.17) is 28.2 Å². The number of fused-ring (bicyclic) bond motifs is 2. The number of halogens is 1. The third kappa shape index (κ3) is 6.38. The summed E-state index contributed by atoms with van der Waals surface area (Å²) in [6.07, 6.45) is 7.79. The molecule has 0 aromatic heterocycles. The van der Waals surface area contributed by atoms with Crippen LogP contribution in [0.4, 0.5) is 0 Å². The van der Waals surface area contributed by atoms with Crippen molar-refractivity contribution in [2.24, 2.45) is 0 Å². The fourth-order valence-corrected chi connectivity index (χ4v) is 2.82. The first-order chi connectivity index (χ1) is 13.4. The number of hydrogen-bond donors (Lipinski definition) is 3. The van der Waals surface area contributed by atoms with Crippen LogP contribution in [-0.2, 0) is 16.0 Å². The van der Waals surface area contributed by atoms with Gasteiger partial charge in [0.2, 0.25) is 0 Å². The van der Waals surface area contributed by atoms with E-state index in [9.17, 15) is 9.59 Å². The van der Waals surface area contributed by atoms with Gasteiger partial charge < -0.3 is 15.5 Å². The second-order valence-electron chi connectivity index (χ2n) is 6.24. The van der Waals surface area contributed by atoms with Crippen LogP contribution in [0.2, 0.25) is 5.02 Å². The second kappa shape index (κ2) is 10.5. The van der Waals surface area contributed by atoms with Gasteiger partial charge in [0.15, 0.2) is 0 Å². The third-order valence-corrected chi connectivity index (χ3v) is 4.45. The predicted octanol–water partition coefficient (Wildman–Crippen LogP) is 3.20. The summed E-state index contributed by atoms with van der Waals surface area (Å²) < 4.78 is 0. The molecule has 0 saturated heterocycles. The topological polar surface area (TPSA) is 99.5 Å². The number of nitrogens with one attached hydrogen (secondary N) is 1. The number of carboxylic acids is 2. The first-order valence-corrected chi connectivity index (χ1v) is 9.13. The normalized spacial score (nSPS) is 15.2. The SMILES string of the molecule is C#CC1CNCCc2cc(Cl)ccc21.O=C(O)CCC(=O)O.c1cc2ncc1-2. The summed E-state index contributed by atoms with van der Waals surface area (Å²) in [4.78, 5) is 23.2. The molecule has 3 aliphatic rings. The van der Waals surface area contributed by atoms with Gasteiger partial charge in [-0.2, -0.15) is 0 Å². The number of nitrogens with zero attached hydrogens (tertiary/aromatic N) is 1. The molecule has 1 atom stereocenters. The lowest BCUT2D eigenvalue weighted by Gasteiger charge is -2.11. The van der Waals surface area contributed by atoms with Gasteiger partial charge in [0.1, 0.15) is 0 Å². The number of hydrogen-bond acceptors (Lipinski definition) is 4. The largest absolute Gasteiger partial charge is 0.481 e. The molecule has 6 nitrogen and oxygen atoms in total. The number of benzene rings is 1. The van der Waals surface area contributed by atoms with E-state index in [0.29, 0.717) is 0 Å². The first kappa shape index (κ1) is 21.4. The number of rotatable bonds is 3. The molecule has 0 radical (unpaired) electrons. The van der Waals surface area contributed by atoms with E-state index in [1.165, 1.54) is 22.4 Å². The smallest absolute Gasteiger partial charge is 0.303 e. The van der Waals surface area contributed by atoms with E-state index in [0.717, 1.165) is 24.5 Å². The third-order valence-electron chi connectivity index (χ3n) is 4.21. The predicted molar refractivity (Wildman–Crippen MR) is 107 cm³/mol. The molecule has 3 N–H and O–H groups in total. The molecule has 1 aromatic carbocycles. The Morgan fingerprint density at radius 3 is 2.32 bits per heavy atom. The Morgan fingerprint density at radius 1 is 1.21 bits per heavy atom. The van der Waals surface area contributed by atoms with Gasteiger partial charge in [-0.05, 0) is 48.4 Å². The molecule has 0 fully saturated rings. The molecule has 0 spiro atoms. The molecule has 1 aromatic rings. The number of aliphatic carboxylic acids is 2. The van der Waals surface area contributed by atoms with Gasteiger partial charge in [-0.15, -0.1) is 6.42 Å². The fraction of sp³-hybridized carbons (Fsp3) is 0.286. The minimum Gasteiger partial charge on any atom is -0.481 e. The Morgan fingerprint density at radius 2 is 1.89 bits per heavy atom. The Labute approximate surface area is 168 Å². The number of carboxylic acid groups (broad SMARTS) is 2. The average molecular weight is 401 g/mol. The van der Waals surface area contributed by atoms with Crippen LogP contribution in [0.15, 0.2) is 36.5 Å². The molecule has 1 unspecified atom stereocenters. The number of pyridine rings is 1. The zero-order valence-corrected chi connectivity index (χ0v) is 15.9. The van der Waals surface area contributed by atoms with Crippen LogP contribution in [0.25, 0.3) is 11.3 Å². The van der Waals surface area contributed by atoms with Crippen molar-refractivity contribution < 1.29 is 19.8 Å². The van der Waals surface area contributed by atoms with E-state index in [2.05, 4.69) is 28.4 Å². The van der Waals surface area contributed by atoms with Gasteiger partial charge in [-0.1, -0.05) is 23.6 Å². The fourth-order valence-electron chi connectivity index (χ4n) is 2.63. The van der Waals surface area contributed by atoms with E-state index in [-0.39, 0.29) is 18.8 Å². The van der Waals surface area contributed by atoms with Crippen LogP contribution in [0.3, 0.4) is 0 Å². The van der Waals surface area contributed by atoms with Crippen LogP contribution in [0.1, 0.15) is 29.9 Å². The molecular formula is C21H21ClN2O4. The molecular weight excluding hydrogens is 380 g/mol. The van der Waals surface area contributed by atoms with Crippen LogP contribution in [0.5, 0.6) is 0 Å². The second-order valence-corrected chi connectivity index (χ2v) is 6.67. The van der Waals surface area contributed by atoms with Crippen LogP contribution in [0, 0.1) is 12.3 Å². The summed E-state index contributed by atoms with van der Waals surface area (Å²) in [7, 11) is 0. The minimum atomic E-state index is -1.08. The zero-order valence-electron chi connectivity index (χ0n) is 15.2. The number of carbonyl (C=O) groups is 2. The highest BCUT2D eigenvalue weighted by Crippen LogP contribution is 2.25. The average Bonchev–Trinajstić information content (AvgIpc) is 2.85. The highest BCUT2D eigenvalue weighted by molar-refractivity contribution is 6.30. The molecule has 1 aliphatic carbocycles. The molecule has 0 bridgehead atoms. The van der Waals surface area contributed by atoms with Crippen molar-refractivity contribution in [2.45, 2.75) is 25.2 Å². The maximum atomic E-state index is 9.64. The van der Waals surface area contributed by atoms with Crippen molar-refractivity contribution in [1.29, 1.82) is 0 Å². The Bertz CT molecular complexity index is 840. The molecule has 2 aliphatic heterocycles. The van der Waals surface area contributed by atoms with Gasteiger partial charge in [0.25, 0.3) is 0 Å². The van der Waals surface area contributed by atoms with Crippen LogP contribution >= 0.6 is 11.6 Å². The summed E-state index contributed by atoms with van der Waals surface area (Å²) >= 11 is 5.95. The number of aromatic nitrogens is 1. The Hall–Kier alpha value is -2.88. The van der Waals surface area contributed by atoms with Gasteiger partial charge in [-0.25, -0.2) is 0 Å². The summed E-state index contributed by atoms with van der Waals surface area (Å²) in [6, 6.07) is 10.1. The standard InChI is InChI=1S/C12H12ClN.C5H3N.C4H6O4/c1-2-9-8-14-6-5-10-7-11(13)3-4-12(9)10;1-2-5-4(1)3-6-5;5-3(6)1-2-4(7)8/h1,3-4,7,9,14H,5-6,8H2;1-3H;1-2H2,(H,5,6)(H,7,8). The quantitative estimate of drug-likeness (QED) is 0.584. The molecule has 146 valence electrons. The van der Waals surface area contributed by atoms with E-state index in [1.807, 2.05) is 24.4 Å². The van der Waals surface area contributed by atoms with Gasteiger partial charge in [0, 0.05) is 23.3 Å². The molecule has 28 heavy (non-hydrogen) atoms. The van der Waals surface area contributed by atoms with Crippen molar-refractivity contribution in [2.75, 3.05) is 13.1 Å². The molecule has 0 amide bonds. The first-order valence-electron chi connectivity index (χ1n) is 8.76. The Kier molecular flexibility index (Phi) is 8.00. The number of terminal acetylenes is 1. The maximum absolute atomic E-state index is 9.64. The highest BCUT2D eigenvalue weighted by atomic mass is 35.5. The highest BCUT2D eigenvalue weighted by Gasteiger charge is 2.16. The van der Waals surface area contributed by atoms with Crippen molar-refractivity contribution in [3.8, 4) is 23.6 Å². The zero-order chi connectivity index (χ0) is 20.5. The van der Waals surface area contributed by atoms with Gasteiger partial charge in [0.05, 0.1) is 24.5 Å². The van der Waals surface area contributed by atoms with Crippen LogP contribution in [-0.4, -0.2) is 40.2 Å². The van der Waals surface area contributed by atoms with Crippen molar-refractivity contribution in [3.05, 3.63) is 52.7 Å². The lowest BCUT2D eigenvalue weighted by molar-refractivity contribution is -0.143. The lowest BCUT2D eigenvalue weighted by Crippen LogP contribution is -2.19. The van der Waals surface area contributed by atoms with Crippen molar-refractivity contribution in [3.63, 3.8) is 0 Å². The van der Waals surface area contributed by atoms with E-state index in [1.54, 1.807) is 0 Å². The van der Waals surface area contributed by atoms with E-state index < -0.39 is 11.9 Å². The molecule has 0 saturated carbocycles. The lowest BCUT2D eigenvalue weighted by atomic mass is 9.95.